The van der Waals surface area contributed by atoms with Crippen molar-refractivity contribution in [2.75, 3.05) is 6.54 Å². The van der Waals surface area contributed by atoms with Gasteiger partial charge in [-0.1, -0.05) is 20.8 Å². The van der Waals surface area contributed by atoms with Gasteiger partial charge in [-0.3, -0.25) is 0 Å². The number of nitrogens with zero attached hydrogens (tertiary/aromatic N) is 1. The van der Waals surface area contributed by atoms with Crippen LogP contribution in [0.15, 0.2) is 0 Å². The van der Waals surface area contributed by atoms with E-state index in [1.807, 2.05) is 11.3 Å². The van der Waals surface area contributed by atoms with Crippen molar-refractivity contribution < 1.29 is 0 Å². The first-order valence-electron chi connectivity index (χ1n) is 6.70. The Morgan fingerprint density at radius 3 is 2.47 bits per heavy atom. The van der Waals surface area contributed by atoms with Gasteiger partial charge in [0.2, 0.25) is 0 Å². The normalized spacial score (nSPS) is 13.3. The maximum Gasteiger partial charge on any atom is 0.0930 e. The quantitative estimate of drug-likeness (QED) is 0.802. The molecule has 1 aromatic rings. The minimum atomic E-state index is 0.655. The molecule has 0 aliphatic rings. The highest BCUT2D eigenvalue weighted by Gasteiger charge is 2.12. The van der Waals surface area contributed by atoms with Gasteiger partial charge in [-0.25, -0.2) is 4.98 Å². The van der Waals surface area contributed by atoms with Gasteiger partial charge in [0.15, 0.2) is 0 Å². The second kappa shape index (κ2) is 7.12. The fourth-order valence-corrected chi connectivity index (χ4v) is 3.03. The highest BCUT2D eigenvalue weighted by atomic mass is 32.1. The Labute approximate surface area is 110 Å². The lowest BCUT2D eigenvalue weighted by Crippen LogP contribution is -2.33. The number of hydrogen-bond donors (Lipinski definition) is 1. The molecular formula is C14H26N2S. The maximum atomic E-state index is 4.60. The minimum absolute atomic E-state index is 0.655. The minimum Gasteiger partial charge on any atom is -0.314 e. The second-order valence-electron chi connectivity index (χ2n) is 5.05. The average molecular weight is 254 g/mol. The SMILES string of the molecule is CCNC(CCCc1nc(C)c(C)s1)C(C)C. The Hall–Kier alpha value is -0.410. The summed E-state index contributed by atoms with van der Waals surface area (Å²) in [6.45, 7) is 12.1. The molecule has 0 aromatic carbocycles. The van der Waals surface area contributed by atoms with E-state index in [0.29, 0.717) is 6.04 Å². The van der Waals surface area contributed by atoms with Gasteiger partial charge in [0.25, 0.3) is 0 Å². The Bertz CT molecular complexity index is 311. The summed E-state index contributed by atoms with van der Waals surface area (Å²) < 4.78 is 0. The highest BCUT2D eigenvalue weighted by molar-refractivity contribution is 7.11. The van der Waals surface area contributed by atoms with Crippen LogP contribution in [0.2, 0.25) is 0 Å². The van der Waals surface area contributed by atoms with Gasteiger partial charge < -0.3 is 5.32 Å². The Morgan fingerprint density at radius 2 is 2.00 bits per heavy atom. The highest BCUT2D eigenvalue weighted by Crippen LogP contribution is 2.19. The van der Waals surface area contributed by atoms with Gasteiger partial charge in [0.1, 0.15) is 0 Å². The average Bonchev–Trinajstić information content (AvgIpc) is 2.57. The van der Waals surface area contributed by atoms with E-state index in [0.717, 1.165) is 18.9 Å². The standard InChI is InChI=1S/C14H26N2S/c1-6-15-13(10(2)3)8-7-9-14-16-11(4)12(5)17-14/h10,13,15H,6-9H2,1-5H3. The fraction of sp³-hybridized carbons (Fsp3) is 0.786. The van der Waals surface area contributed by atoms with Crippen LogP contribution in [0.3, 0.4) is 0 Å². The third kappa shape index (κ3) is 4.76. The predicted octanol–water partition coefficient (Wildman–Crippen LogP) is 3.72. The number of hydrogen-bond acceptors (Lipinski definition) is 3. The molecule has 17 heavy (non-hydrogen) atoms. The molecule has 0 bridgehead atoms. The molecule has 0 spiro atoms. The molecular weight excluding hydrogens is 228 g/mol. The smallest absolute Gasteiger partial charge is 0.0930 e. The summed E-state index contributed by atoms with van der Waals surface area (Å²) in [5.41, 5.74) is 1.21. The van der Waals surface area contributed by atoms with E-state index < -0.39 is 0 Å². The summed E-state index contributed by atoms with van der Waals surface area (Å²) in [7, 11) is 0. The van der Waals surface area contributed by atoms with Crippen molar-refractivity contribution in [3.05, 3.63) is 15.6 Å². The van der Waals surface area contributed by atoms with E-state index >= 15 is 0 Å². The lowest BCUT2D eigenvalue weighted by atomic mass is 9.98. The summed E-state index contributed by atoms with van der Waals surface area (Å²) in [5.74, 6) is 0.717. The van der Waals surface area contributed by atoms with E-state index in [2.05, 4.69) is 44.9 Å². The topological polar surface area (TPSA) is 24.9 Å². The lowest BCUT2D eigenvalue weighted by molar-refractivity contribution is 0.377. The van der Waals surface area contributed by atoms with Gasteiger partial charge in [0, 0.05) is 10.9 Å². The van der Waals surface area contributed by atoms with Crippen LogP contribution in [0.4, 0.5) is 0 Å². The van der Waals surface area contributed by atoms with Crippen molar-refractivity contribution in [1.29, 1.82) is 0 Å². The molecule has 1 heterocycles. The zero-order valence-electron chi connectivity index (χ0n) is 11.8. The first kappa shape index (κ1) is 14.7. The molecule has 1 N–H and O–H groups in total. The number of nitrogens with one attached hydrogen (secondary N) is 1. The van der Waals surface area contributed by atoms with Crippen molar-refractivity contribution in [1.82, 2.24) is 10.3 Å². The molecule has 1 unspecified atom stereocenters. The molecule has 1 aromatic heterocycles. The molecule has 1 rings (SSSR count). The Morgan fingerprint density at radius 1 is 1.29 bits per heavy atom. The van der Waals surface area contributed by atoms with Gasteiger partial charge >= 0.3 is 0 Å². The predicted molar refractivity (Wildman–Crippen MR) is 76.8 cm³/mol. The molecule has 1 atom stereocenters. The fourth-order valence-electron chi connectivity index (χ4n) is 2.05. The van der Waals surface area contributed by atoms with Gasteiger partial charge in [0.05, 0.1) is 10.7 Å². The van der Waals surface area contributed by atoms with Crippen LogP contribution >= 0.6 is 11.3 Å². The third-order valence-corrected chi connectivity index (χ3v) is 4.38. The summed E-state index contributed by atoms with van der Waals surface area (Å²) in [4.78, 5) is 5.96. The van der Waals surface area contributed by atoms with E-state index in [4.69, 9.17) is 0 Å². The largest absolute Gasteiger partial charge is 0.314 e. The van der Waals surface area contributed by atoms with Crippen molar-refractivity contribution in [2.24, 2.45) is 5.92 Å². The number of thiazole rings is 1. The summed E-state index contributed by atoms with van der Waals surface area (Å²) in [5, 5.41) is 4.87. The van der Waals surface area contributed by atoms with Gasteiger partial charge in [-0.05, 0) is 45.6 Å². The molecule has 0 aliphatic carbocycles. The van der Waals surface area contributed by atoms with Crippen molar-refractivity contribution >= 4 is 11.3 Å². The van der Waals surface area contributed by atoms with E-state index in [-0.39, 0.29) is 0 Å². The summed E-state index contributed by atoms with van der Waals surface area (Å²) in [6, 6.07) is 0.655. The number of rotatable bonds is 7. The Kier molecular flexibility index (Phi) is 6.14. The molecule has 2 nitrogen and oxygen atoms in total. The van der Waals surface area contributed by atoms with E-state index in [1.165, 1.54) is 28.4 Å². The summed E-state index contributed by atoms with van der Waals surface area (Å²) in [6.07, 6.45) is 3.62. The molecule has 98 valence electrons. The molecule has 0 fully saturated rings. The number of aromatic nitrogens is 1. The van der Waals surface area contributed by atoms with Crippen molar-refractivity contribution in [2.45, 2.75) is 59.9 Å². The Balaban J connectivity index is 2.35. The molecule has 0 aliphatic heterocycles. The molecule has 0 saturated carbocycles. The van der Waals surface area contributed by atoms with Crippen LogP contribution in [0.5, 0.6) is 0 Å². The van der Waals surface area contributed by atoms with Gasteiger partial charge in [-0.15, -0.1) is 11.3 Å². The second-order valence-corrected chi connectivity index (χ2v) is 6.34. The van der Waals surface area contributed by atoms with Crippen LogP contribution < -0.4 is 5.32 Å². The maximum absolute atomic E-state index is 4.60. The molecule has 0 amide bonds. The molecule has 0 saturated heterocycles. The van der Waals surface area contributed by atoms with Crippen LogP contribution in [0.25, 0.3) is 0 Å². The van der Waals surface area contributed by atoms with Crippen LogP contribution in [0, 0.1) is 19.8 Å². The first-order chi connectivity index (χ1) is 8.04. The van der Waals surface area contributed by atoms with Crippen LogP contribution in [-0.2, 0) is 6.42 Å². The number of aryl methyl sites for hydroxylation is 3. The van der Waals surface area contributed by atoms with Gasteiger partial charge in [-0.2, -0.15) is 0 Å². The van der Waals surface area contributed by atoms with Crippen LogP contribution in [-0.4, -0.2) is 17.6 Å². The zero-order valence-corrected chi connectivity index (χ0v) is 12.7. The zero-order chi connectivity index (χ0) is 12.8. The molecule has 0 radical (unpaired) electrons. The van der Waals surface area contributed by atoms with Crippen molar-refractivity contribution in [3.8, 4) is 0 Å². The first-order valence-corrected chi connectivity index (χ1v) is 7.52. The van der Waals surface area contributed by atoms with E-state index in [9.17, 15) is 0 Å². The van der Waals surface area contributed by atoms with Crippen LogP contribution in [0.1, 0.15) is 49.2 Å². The van der Waals surface area contributed by atoms with E-state index in [1.54, 1.807) is 0 Å². The monoisotopic (exact) mass is 254 g/mol. The third-order valence-electron chi connectivity index (χ3n) is 3.25. The lowest BCUT2D eigenvalue weighted by Gasteiger charge is -2.21. The van der Waals surface area contributed by atoms with Crippen molar-refractivity contribution in [3.63, 3.8) is 0 Å². The molecule has 3 heteroatoms. The summed E-state index contributed by atoms with van der Waals surface area (Å²) >= 11 is 1.86.